The molecule has 0 bridgehead atoms. The zero-order valence-corrected chi connectivity index (χ0v) is 16.4. The van der Waals surface area contributed by atoms with E-state index in [1.807, 2.05) is 13.8 Å². The zero-order chi connectivity index (χ0) is 20.4. The lowest BCUT2D eigenvalue weighted by molar-refractivity contribution is 0.0521. The number of methoxy groups -OCH3 is 2. The van der Waals surface area contributed by atoms with Crippen molar-refractivity contribution in [3.05, 3.63) is 59.2 Å². The monoisotopic (exact) mass is 381 g/mol. The molecule has 1 aliphatic rings. The summed E-state index contributed by atoms with van der Waals surface area (Å²) < 4.78 is 10.5. The Balaban J connectivity index is 2.01. The number of ketones is 1. The molecule has 0 aromatic heterocycles. The second-order valence-electron chi connectivity index (χ2n) is 7.11. The number of fused-ring (bicyclic) bond motifs is 1. The van der Waals surface area contributed by atoms with Gasteiger partial charge in [0.15, 0.2) is 17.3 Å². The highest BCUT2D eigenvalue weighted by molar-refractivity contribution is 6.23. The van der Waals surface area contributed by atoms with Crippen molar-refractivity contribution in [1.29, 1.82) is 0 Å². The molecule has 0 unspecified atom stereocenters. The maximum Gasteiger partial charge on any atom is 0.262 e. The summed E-state index contributed by atoms with van der Waals surface area (Å²) in [6, 6.07) is 10.6. The van der Waals surface area contributed by atoms with Gasteiger partial charge in [-0.2, -0.15) is 0 Å². The molecule has 0 N–H and O–H groups in total. The van der Waals surface area contributed by atoms with E-state index in [0.29, 0.717) is 34.6 Å². The number of imide groups is 1. The summed E-state index contributed by atoms with van der Waals surface area (Å²) in [7, 11) is 3.00. The molecule has 0 saturated heterocycles. The first-order valence-electron chi connectivity index (χ1n) is 9.12. The van der Waals surface area contributed by atoms with Crippen molar-refractivity contribution in [2.24, 2.45) is 5.92 Å². The van der Waals surface area contributed by atoms with Gasteiger partial charge < -0.3 is 9.47 Å². The highest BCUT2D eigenvalue weighted by Gasteiger charge is 2.42. The average molecular weight is 381 g/mol. The molecule has 28 heavy (non-hydrogen) atoms. The summed E-state index contributed by atoms with van der Waals surface area (Å²) in [4.78, 5) is 40.2. The predicted molar refractivity (Wildman–Crippen MR) is 104 cm³/mol. The van der Waals surface area contributed by atoms with Gasteiger partial charge in [0.25, 0.3) is 11.8 Å². The van der Waals surface area contributed by atoms with E-state index in [0.717, 1.165) is 4.90 Å². The largest absolute Gasteiger partial charge is 0.493 e. The quantitative estimate of drug-likeness (QED) is 0.541. The van der Waals surface area contributed by atoms with Gasteiger partial charge >= 0.3 is 0 Å². The first kappa shape index (κ1) is 19.6. The summed E-state index contributed by atoms with van der Waals surface area (Å²) in [5.74, 6) is -0.137. The van der Waals surface area contributed by atoms with Crippen LogP contribution in [0.1, 0.15) is 51.3 Å². The molecule has 0 spiro atoms. The van der Waals surface area contributed by atoms with E-state index >= 15 is 0 Å². The van der Waals surface area contributed by atoms with Crippen LogP contribution in [-0.4, -0.2) is 42.8 Å². The molecule has 0 aliphatic carbocycles. The molecule has 1 atom stereocenters. The molecule has 2 aromatic carbocycles. The van der Waals surface area contributed by atoms with Crippen molar-refractivity contribution in [3.8, 4) is 11.5 Å². The molecule has 146 valence electrons. The number of hydrogen-bond acceptors (Lipinski definition) is 5. The van der Waals surface area contributed by atoms with Gasteiger partial charge in [0.05, 0.1) is 25.3 Å². The topological polar surface area (TPSA) is 72.9 Å². The number of carbonyl (C=O) groups is 3. The van der Waals surface area contributed by atoms with Crippen LogP contribution < -0.4 is 9.47 Å². The second kappa shape index (κ2) is 7.84. The number of hydrogen-bond donors (Lipinski definition) is 0. The van der Waals surface area contributed by atoms with Crippen LogP contribution in [0, 0.1) is 5.92 Å². The van der Waals surface area contributed by atoms with Gasteiger partial charge in [-0.15, -0.1) is 0 Å². The number of ether oxygens (including phenoxy) is 2. The average Bonchev–Trinajstić information content (AvgIpc) is 2.95. The van der Waals surface area contributed by atoms with Gasteiger partial charge in [0, 0.05) is 5.56 Å². The summed E-state index contributed by atoms with van der Waals surface area (Å²) in [6.07, 6.45) is 0.374. The Hall–Kier alpha value is -3.15. The number of benzene rings is 2. The third-order valence-electron chi connectivity index (χ3n) is 4.80. The van der Waals surface area contributed by atoms with Gasteiger partial charge in [0.1, 0.15) is 6.04 Å². The molecule has 6 nitrogen and oxygen atoms in total. The highest BCUT2D eigenvalue weighted by Crippen LogP contribution is 2.31. The third kappa shape index (κ3) is 3.38. The Morgan fingerprint density at radius 1 is 0.929 bits per heavy atom. The molecule has 6 heteroatoms. The van der Waals surface area contributed by atoms with E-state index < -0.39 is 17.9 Å². The smallest absolute Gasteiger partial charge is 0.262 e. The van der Waals surface area contributed by atoms with Crippen molar-refractivity contribution in [1.82, 2.24) is 4.90 Å². The maximum atomic E-state index is 13.3. The molecule has 0 radical (unpaired) electrons. The highest BCUT2D eigenvalue weighted by atomic mass is 16.5. The van der Waals surface area contributed by atoms with Crippen LogP contribution in [0.2, 0.25) is 0 Å². The Morgan fingerprint density at radius 3 is 2.00 bits per heavy atom. The van der Waals surface area contributed by atoms with Crippen molar-refractivity contribution in [2.75, 3.05) is 14.2 Å². The van der Waals surface area contributed by atoms with E-state index in [9.17, 15) is 14.4 Å². The summed E-state index contributed by atoms with van der Waals surface area (Å²) in [5, 5.41) is 0. The normalized spacial score (nSPS) is 14.2. The fourth-order valence-electron chi connectivity index (χ4n) is 3.45. The summed E-state index contributed by atoms with van der Waals surface area (Å²) in [6.45, 7) is 3.90. The van der Waals surface area contributed by atoms with Crippen LogP contribution in [0.5, 0.6) is 11.5 Å². The van der Waals surface area contributed by atoms with Crippen LogP contribution in [-0.2, 0) is 0 Å². The molecule has 0 fully saturated rings. The minimum atomic E-state index is -0.884. The van der Waals surface area contributed by atoms with E-state index in [2.05, 4.69) is 0 Å². The molecular weight excluding hydrogens is 358 g/mol. The molecule has 2 amide bonds. The van der Waals surface area contributed by atoms with Gasteiger partial charge in [0.2, 0.25) is 0 Å². The maximum absolute atomic E-state index is 13.3. The number of carbonyl (C=O) groups excluding carboxylic acids is 3. The van der Waals surface area contributed by atoms with E-state index in [1.54, 1.807) is 42.5 Å². The zero-order valence-electron chi connectivity index (χ0n) is 16.4. The molecular formula is C22H23NO5. The molecule has 0 saturated carbocycles. The predicted octanol–water partition coefficient (Wildman–Crippen LogP) is 3.60. The number of amides is 2. The lowest BCUT2D eigenvalue weighted by Crippen LogP contribution is -2.45. The van der Waals surface area contributed by atoms with Gasteiger partial charge in [-0.1, -0.05) is 26.0 Å². The van der Waals surface area contributed by atoms with Crippen LogP contribution in [0.4, 0.5) is 0 Å². The molecule has 1 aliphatic heterocycles. The van der Waals surface area contributed by atoms with Crippen molar-refractivity contribution in [2.45, 2.75) is 26.3 Å². The summed E-state index contributed by atoms with van der Waals surface area (Å²) >= 11 is 0. The van der Waals surface area contributed by atoms with Crippen molar-refractivity contribution < 1.29 is 23.9 Å². The van der Waals surface area contributed by atoms with E-state index in [4.69, 9.17) is 9.47 Å². The fraction of sp³-hybridized carbons (Fsp3) is 0.318. The van der Waals surface area contributed by atoms with E-state index in [1.165, 1.54) is 14.2 Å². The number of nitrogens with zero attached hydrogens (tertiary/aromatic N) is 1. The van der Waals surface area contributed by atoms with Gasteiger partial charge in [-0.25, -0.2) is 0 Å². The van der Waals surface area contributed by atoms with Crippen LogP contribution in [0.15, 0.2) is 42.5 Å². The molecule has 1 heterocycles. The Bertz CT molecular complexity index is 899. The molecule has 3 rings (SSSR count). The van der Waals surface area contributed by atoms with Crippen LogP contribution in [0.3, 0.4) is 0 Å². The first-order chi connectivity index (χ1) is 13.4. The van der Waals surface area contributed by atoms with Crippen molar-refractivity contribution >= 4 is 17.6 Å². The summed E-state index contributed by atoms with van der Waals surface area (Å²) in [5.41, 5.74) is 1.03. The minimum absolute atomic E-state index is 0.110. The Labute approximate surface area is 164 Å². The lowest BCUT2D eigenvalue weighted by atomic mass is 9.94. The lowest BCUT2D eigenvalue weighted by Gasteiger charge is -2.26. The SMILES string of the molecule is COc1ccc(C(=O)[C@H](CC(C)C)N2C(=O)c3ccccc3C2=O)cc1OC. The number of rotatable bonds is 7. The Morgan fingerprint density at radius 2 is 1.50 bits per heavy atom. The first-order valence-corrected chi connectivity index (χ1v) is 9.12. The third-order valence-corrected chi connectivity index (χ3v) is 4.80. The standard InChI is InChI=1S/C22H23NO5/c1-13(2)11-17(20(24)14-9-10-18(27-3)19(12-14)28-4)23-21(25)15-7-5-6-8-16(15)22(23)26/h5-10,12-13,17H,11H2,1-4H3/t17-/m0/s1. The Kier molecular flexibility index (Phi) is 5.49. The van der Waals surface area contributed by atoms with Crippen LogP contribution in [0.25, 0.3) is 0 Å². The minimum Gasteiger partial charge on any atom is -0.493 e. The second-order valence-corrected chi connectivity index (χ2v) is 7.11. The van der Waals surface area contributed by atoms with Gasteiger partial charge in [-0.3, -0.25) is 19.3 Å². The van der Waals surface area contributed by atoms with Gasteiger partial charge in [-0.05, 0) is 42.7 Å². The fourth-order valence-corrected chi connectivity index (χ4v) is 3.45. The van der Waals surface area contributed by atoms with E-state index in [-0.39, 0.29) is 11.7 Å². The van der Waals surface area contributed by atoms with Crippen molar-refractivity contribution in [3.63, 3.8) is 0 Å². The number of Topliss-reactive ketones (excluding diaryl/α,β-unsaturated/α-hetero) is 1. The van der Waals surface area contributed by atoms with Crippen LogP contribution >= 0.6 is 0 Å². The molecule has 2 aromatic rings.